The number of ether oxygens (including phenoxy) is 2. The Hall–Kier alpha value is -2.09. The summed E-state index contributed by atoms with van der Waals surface area (Å²) in [7, 11) is 2.46. The number of carbonyl (C=O) groups is 3. The molecule has 5 nitrogen and oxygen atoms in total. The van der Waals surface area contributed by atoms with E-state index in [1.807, 2.05) is 6.08 Å². The molecule has 1 saturated carbocycles. The van der Waals surface area contributed by atoms with Gasteiger partial charge in [-0.15, -0.1) is 11.8 Å². The first-order valence-corrected chi connectivity index (χ1v) is 7.16. The lowest BCUT2D eigenvalue weighted by atomic mass is 9.81. The fourth-order valence-corrected chi connectivity index (χ4v) is 2.44. The van der Waals surface area contributed by atoms with Gasteiger partial charge in [-0.1, -0.05) is 12.2 Å². The molecule has 0 N–H and O–H groups in total. The van der Waals surface area contributed by atoms with E-state index < -0.39 is 17.4 Å². The average Bonchev–Trinajstić information content (AvgIpc) is 3.29. The molecule has 1 aliphatic rings. The minimum absolute atomic E-state index is 0.0357. The third-order valence-electron chi connectivity index (χ3n) is 3.93. The van der Waals surface area contributed by atoms with Crippen molar-refractivity contribution in [2.75, 3.05) is 14.2 Å². The molecule has 0 heterocycles. The summed E-state index contributed by atoms with van der Waals surface area (Å²) in [5.74, 6) is 4.55. The molecule has 22 heavy (non-hydrogen) atoms. The van der Waals surface area contributed by atoms with Gasteiger partial charge >= 0.3 is 11.9 Å². The monoisotopic (exact) mass is 306 g/mol. The largest absolute Gasteiger partial charge is 0.468 e. The van der Waals surface area contributed by atoms with E-state index in [9.17, 15) is 14.4 Å². The molecule has 0 aromatic heterocycles. The summed E-state index contributed by atoms with van der Waals surface area (Å²) in [6, 6.07) is 0. The molecule has 0 bridgehead atoms. The predicted molar refractivity (Wildman–Crippen MR) is 80.6 cm³/mol. The highest BCUT2D eigenvalue weighted by molar-refractivity contribution is 6.00. The number of Topliss-reactive ketones (excluding diaryl/α,β-unsaturated/α-hetero) is 1. The highest BCUT2D eigenvalue weighted by Crippen LogP contribution is 2.41. The van der Waals surface area contributed by atoms with Gasteiger partial charge in [-0.2, -0.15) is 0 Å². The van der Waals surface area contributed by atoms with E-state index in [2.05, 4.69) is 11.8 Å². The van der Waals surface area contributed by atoms with Crippen molar-refractivity contribution in [3.8, 4) is 11.8 Å². The van der Waals surface area contributed by atoms with Gasteiger partial charge in [-0.3, -0.25) is 14.4 Å². The Morgan fingerprint density at radius 1 is 1.23 bits per heavy atom. The third-order valence-corrected chi connectivity index (χ3v) is 3.93. The minimum Gasteiger partial charge on any atom is -0.468 e. The number of esters is 2. The number of carbonyl (C=O) groups excluding carboxylic acids is 3. The quantitative estimate of drug-likeness (QED) is 0.311. The second-order valence-electron chi connectivity index (χ2n) is 5.42. The molecule has 1 fully saturated rings. The molecular formula is C17H22O5. The zero-order valence-corrected chi connectivity index (χ0v) is 13.5. The maximum Gasteiger partial charge on any atom is 0.324 e. The summed E-state index contributed by atoms with van der Waals surface area (Å²) < 4.78 is 9.55. The van der Waals surface area contributed by atoms with Gasteiger partial charge in [-0.05, 0) is 32.6 Å². The summed E-state index contributed by atoms with van der Waals surface area (Å²) in [4.78, 5) is 35.5. The van der Waals surface area contributed by atoms with Gasteiger partial charge < -0.3 is 9.47 Å². The number of hydrogen-bond donors (Lipinski definition) is 0. The van der Waals surface area contributed by atoms with Crippen LogP contribution in [0.4, 0.5) is 0 Å². The summed E-state index contributed by atoms with van der Waals surface area (Å²) in [5, 5.41) is 0. The van der Waals surface area contributed by atoms with E-state index in [4.69, 9.17) is 9.47 Å². The van der Waals surface area contributed by atoms with Crippen molar-refractivity contribution < 1.29 is 23.9 Å². The highest BCUT2D eigenvalue weighted by atomic mass is 16.5. The number of methoxy groups -OCH3 is 2. The van der Waals surface area contributed by atoms with Crippen molar-refractivity contribution >= 4 is 17.7 Å². The second-order valence-corrected chi connectivity index (χ2v) is 5.42. The molecule has 1 aliphatic carbocycles. The Morgan fingerprint density at radius 3 is 2.23 bits per heavy atom. The fourth-order valence-electron chi connectivity index (χ4n) is 2.44. The molecule has 120 valence electrons. The van der Waals surface area contributed by atoms with E-state index >= 15 is 0 Å². The van der Waals surface area contributed by atoms with Crippen LogP contribution in [0.15, 0.2) is 12.2 Å². The summed E-state index contributed by atoms with van der Waals surface area (Å²) in [6.07, 6.45) is 4.63. The van der Waals surface area contributed by atoms with Crippen LogP contribution in [0.1, 0.15) is 33.1 Å². The predicted octanol–water partition coefficient (Wildman–Crippen LogP) is 1.90. The zero-order valence-electron chi connectivity index (χ0n) is 13.5. The van der Waals surface area contributed by atoms with Crippen LogP contribution in [-0.4, -0.2) is 31.9 Å². The molecule has 0 spiro atoms. The normalized spacial score (nSPS) is 20.0. The van der Waals surface area contributed by atoms with Gasteiger partial charge in [0.05, 0.1) is 14.2 Å². The maximum atomic E-state index is 12.1. The Labute approximate surface area is 131 Å². The van der Waals surface area contributed by atoms with Gasteiger partial charge in [0.1, 0.15) is 5.78 Å². The van der Waals surface area contributed by atoms with Crippen LogP contribution in [0.25, 0.3) is 0 Å². The van der Waals surface area contributed by atoms with Gasteiger partial charge in [0.15, 0.2) is 5.41 Å². The van der Waals surface area contributed by atoms with Crippen molar-refractivity contribution in [1.29, 1.82) is 0 Å². The molecule has 2 atom stereocenters. The SMILES string of the molecule is CC#CCC(C/C=C/[C@@H]1C[C@H]1C(C)=O)(C(=O)OC)C(=O)OC. The van der Waals surface area contributed by atoms with Crippen LogP contribution in [0.3, 0.4) is 0 Å². The number of allylic oxidation sites excluding steroid dienone is 2. The smallest absolute Gasteiger partial charge is 0.324 e. The molecule has 0 saturated heterocycles. The van der Waals surface area contributed by atoms with E-state index in [0.29, 0.717) is 0 Å². The summed E-state index contributed by atoms with van der Waals surface area (Å²) in [5.41, 5.74) is -1.45. The Bertz CT molecular complexity index is 519. The lowest BCUT2D eigenvalue weighted by Gasteiger charge is -2.24. The number of rotatable bonds is 7. The molecule has 0 aliphatic heterocycles. The Balaban J connectivity index is 2.90. The molecule has 0 aromatic carbocycles. The topological polar surface area (TPSA) is 69.7 Å². The van der Waals surface area contributed by atoms with Crippen LogP contribution in [0, 0.1) is 29.1 Å². The standard InChI is InChI=1S/C17H22O5/c1-5-6-9-17(15(19)21-3,16(20)22-4)10-7-8-13-11-14(13)12(2)18/h7-8,13-14H,9-11H2,1-4H3/b8-7+/t13-,14+/m1/s1. The first kappa shape index (κ1) is 18.0. The fraction of sp³-hybridized carbons (Fsp3) is 0.588. The lowest BCUT2D eigenvalue weighted by molar-refractivity contribution is -0.168. The zero-order chi connectivity index (χ0) is 16.8. The molecule has 5 heteroatoms. The molecule has 0 amide bonds. The first-order valence-electron chi connectivity index (χ1n) is 7.16. The van der Waals surface area contributed by atoms with E-state index in [1.165, 1.54) is 14.2 Å². The van der Waals surface area contributed by atoms with Crippen LogP contribution in [0.5, 0.6) is 0 Å². The van der Waals surface area contributed by atoms with Crippen molar-refractivity contribution in [1.82, 2.24) is 0 Å². The summed E-state index contributed by atoms with van der Waals surface area (Å²) >= 11 is 0. The molecular weight excluding hydrogens is 284 g/mol. The van der Waals surface area contributed by atoms with Gasteiger partial charge in [0.25, 0.3) is 0 Å². The van der Waals surface area contributed by atoms with Gasteiger partial charge in [0, 0.05) is 12.3 Å². The van der Waals surface area contributed by atoms with Gasteiger partial charge in [-0.25, -0.2) is 0 Å². The van der Waals surface area contributed by atoms with Crippen LogP contribution in [-0.2, 0) is 23.9 Å². The Kier molecular flexibility index (Phi) is 6.36. The van der Waals surface area contributed by atoms with Crippen LogP contribution < -0.4 is 0 Å². The first-order chi connectivity index (χ1) is 10.4. The molecule has 0 unspecified atom stereocenters. The summed E-state index contributed by atoms with van der Waals surface area (Å²) in [6.45, 7) is 3.21. The van der Waals surface area contributed by atoms with E-state index in [1.54, 1.807) is 19.9 Å². The van der Waals surface area contributed by atoms with Gasteiger partial charge in [0.2, 0.25) is 0 Å². The highest BCUT2D eigenvalue weighted by Gasteiger charge is 2.47. The second kappa shape index (κ2) is 7.79. The van der Waals surface area contributed by atoms with Crippen molar-refractivity contribution in [3.05, 3.63) is 12.2 Å². The Morgan fingerprint density at radius 2 is 1.82 bits per heavy atom. The van der Waals surface area contributed by atoms with Crippen molar-refractivity contribution in [2.24, 2.45) is 17.3 Å². The minimum atomic E-state index is -1.45. The third kappa shape index (κ3) is 3.97. The average molecular weight is 306 g/mol. The van der Waals surface area contributed by atoms with E-state index in [-0.39, 0.29) is 30.5 Å². The number of ketones is 1. The lowest BCUT2D eigenvalue weighted by Crippen LogP contribution is -2.40. The van der Waals surface area contributed by atoms with Crippen LogP contribution >= 0.6 is 0 Å². The molecule has 1 rings (SSSR count). The molecule has 0 aromatic rings. The van der Waals surface area contributed by atoms with Crippen molar-refractivity contribution in [3.63, 3.8) is 0 Å². The van der Waals surface area contributed by atoms with E-state index in [0.717, 1.165) is 6.42 Å². The number of hydrogen-bond acceptors (Lipinski definition) is 5. The van der Waals surface area contributed by atoms with Crippen LogP contribution in [0.2, 0.25) is 0 Å². The van der Waals surface area contributed by atoms with Crippen molar-refractivity contribution in [2.45, 2.75) is 33.1 Å². The molecule has 0 radical (unpaired) electrons. The maximum absolute atomic E-state index is 12.1.